The Kier molecular flexibility index (Phi) is 3.33. The summed E-state index contributed by atoms with van der Waals surface area (Å²) in [5.74, 6) is -0.469. The van der Waals surface area contributed by atoms with E-state index in [0.717, 1.165) is 0 Å². The highest BCUT2D eigenvalue weighted by Gasteiger charge is 2.20. The first-order valence-electron chi connectivity index (χ1n) is 5.19. The van der Waals surface area contributed by atoms with E-state index in [1.807, 2.05) is 0 Å². The lowest BCUT2D eigenvalue weighted by molar-refractivity contribution is -0.385. The standard InChI is InChI=1S/C11H9N5O3/c12-7-1-2-9(16(18)19)8(5-7)11(17)15-10-6-13-3-4-14-10/h1-6H,12H2,(H,14,15,17). The Morgan fingerprint density at radius 1 is 1.37 bits per heavy atom. The first-order chi connectivity index (χ1) is 9.08. The first kappa shape index (κ1) is 12.4. The number of hydrogen-bond donors (Lipinski definition) is 2. The summed E-state index contributed by atoms with van der Waals surface area (Å²) in [4.78, 5) is 29.8. The summed E-state index contributed by atoms with van der Waals surface area (Å²) >= 11 is 0. The highest BCUT2D eigenvalue weighted by atomic mass is 16.6. The molecule has 0 unspecified atom stereocenters. The lowest BCUT2D eigenvalue weighted by Gasteiger charge is -2.05. The zero-order chi connectivity index (χ0) is 13.8. The number of carbonyl (C=O) groups excluding carboxylic acids is 1. The summed E-state index contributed by atoms with van der Waals surface area (Å²) in [5, 5.41) is 13.3. The lowest BCUT2D eigenvalue weighted by Crippen LogP contribution is -2.15. The van der Waals surface area contributed by atoms with Crippen molar-refractivity contribution in [1.82, 2.24) is 9.97 Å². The van der Waals surface area contributed by atoms with Crippen LogP contribution in [0.5, 0.6) is 0 Å². The predicted molar refractivity (Wildman–Crippen MR) is 67.5 cm³/mol. The zero-order valence-electron chi connectivity index (χ0n) is 9.61. The second-order valence-electron chi connectivity index (χ2n) is 3.58. The SMILES string of the molecule is Nc1ccc([N+](=O)[O-])c(C(=O)Nc2cnccn2)c1. The van der Waals surface area contributed by atoms with Gasteiger partial charge in [0.25, 0.3) is 11.6 Å². The number of anilines is 2. The summed E-state index contributed by atoms with van der Waals surface area (Å²) < 4.78 is 0. The van der Waals surface area contributed by atoms with Crippen LogP contribution in [0.2, 0.25) is 0 Å². The maximum absolute atomic E-state index is 12.0. The number of aromatic nitrogens is 2. The van der Waals surface area contributed by atoms with Gasteiger partial charge in [-0.25, -0.2) is 4.98 Å². The number of hydrogen-bond acceptors (Lipinski definition) is 6. The van der Waals surface area contributed by atoms with E-state index in [-0.39, 0.29) is 22.8 Å². The van der Waals surface area contributed by atoms with E-state index in [1.54, 1.807) is 0 Å². The van der Waals surface area contributed by atoms with Gasteiger partial charge in [-0.2, -0.15) is 0 Å². The molecule has 0 saturated heterocycles. The highest BCUT2D eigenvalue weighted by molar-refractivity contribution is 6.07. The molecule has 19 heavy (non-hydrogen) atoms. The van der Waals surface area contributed by atoms with Crippen LogP contribution < -0.4 is 11.1 Å². The van der Waals surface area contributed by atoms with Gasteiger partial charge in [0.15, 0.2) is 5.82 Å². The molecule has 0 fully saturated rings. The average Bonchev–Trinajstić information content (AvgIpc) is 2.39. The van der Waals surface area contributed by atoms with Gasteiger partial charge in [-0.15, -0.1) is 0 Å². The number of amides is 1. The number of nitrogens with one attached hydrogen (secondary N) is 1. The number of nitro benzene ring substituents is 1. The minimum Gasteiger partial charge on any atom is -0.399 e. The number of nitrogens with zero attached hydrogens (tertiary/aromatic N) is 3. The minimum atomic E-state index is -0.667. The monoisotopic (exact) mass is 259 g/mol. The maximum Gasteiger partial charge on any atom is 0.282 e. The molecule has 1 aromatic carbocycles. The second-order valence-corrected chi connectivity index (χ2v) is 3.58. The van der Waals surface area contributed by atoms with E-state index in [1.165, 1.54) is 36.8 Å². The largest absolute Gasteiger partial charge is 0.399 e. The number of nitro groups is 1. The van der Waals surface area contributed by atoms with E-state index < -0.39 is 10.8 Å². The Morgan fingerprint density at radius 3 is 2.79 bits per heavy atom. The van der Waals surface area contributed by atoms with Crippen LogP contribution in [0.3, 0.4) is 0 Å². The van der Waals surface area contributed by atoms with E-state index in [9.17, 15) is 14.9 Å². The van der Waals surface area contributed by atoms with Crippen molar-refractivity contribution in [2.24, 2.45) is 0 Å². The fraction of sp³-hybridized carbons (Fsp3) is 0. The fourth-order valence-corrected chi connectivity index (χ4v) is 1.44. The van der Waals surface area contributed by atoms with Crippen LogP contribution in [0.15, 0.2) is 36.8 Å². The van der Waals surface area contributed by atoms with Crippen LogP contribution in [0.4, 0.5) is 17.2 Å². The molecule has 1 heterocycles. The Hall–Kier alpha value is -3.03. The van der Waals surface area contributed by atoms with Gasteiger partial charge in [-0.1, -0.05) is 0 Å². The quantitative estimate of drug-likeness (QED) is 0.485. The fourth-order valence-electron chi connectivity index (χ4n) is 1.44. The Morgan fingerprint density at radius 2 is 2.16 bits per heavy atom. The van der Waals surface area contributed by atoms with Crippen molar-refractivity contribution >= 4 is 23.1 Å². The minimum absolute atomic E-state index is 0.129. The van der Waals surface area contributed by atoms with Gasteiger partial charge in [0.2, 0.25) is 0 Å². The van der Waals surface area contributed by atoms with Crippen molar-refractivity contribution in [2.45, 2.75) is 0 Å². The number of rotatable bonds is 3. The second kappa shape index (κ2) is 5.08. The predicted octanol–water partition coefficient (Wildman–Crippen LogP) is 1.22. The van der Waals surface area contributed by atoms with Crippen LogP contribution in [0, 0.1) is 10.1 Å². The Labute approximate surface area is 107 Å². The molecule has 0 saturated carbocycles. The van der Waals surface area contributed by atoms with Crippen molar-refractivity contribution in [3.63, 3.8) is 0 Å². The Bertz CT molecular complexity index is 629. The van der Waals surface area contributed by atoms with Gasteiger partial charge in [0, 0.05) is 24.1 Å². The summed E-state index contributed by atoms with van der Waals surface area (Å²) in [6, 6.07) is 3.78. The van der Waals surface area contributed by atoms with Crippen LogP contribution in [-0.2, 0) is 0 Å². The molecule has 0 radical (unpaired) electrons. The van der Waals surface area contributed by atoms with Gasteiger partial charge in [0.05, 0.1) is 11.1 Å². The molecule has 96 valence electrons. The van der Waals surface area contributed by atoms with Crippen molar-refractivity contribution in [2.75, 3.05) is 11.1 Å². The molecule has 1 amide bonds. The molecule has 0 aliphatic heterocycles. The topological polar surface area (TPSA) is 124 Å². The molecule has 0 atom stereocenters. The van der Waals surface area contributed by atoms with Crippen molar-refractivity contribution in [1.29, 1.82) is 0 Å². The van der Waals surface area contributed by atoms with E-state index in [2.05, 4.69) is 15.3 Å². The number of nitrogens with two attached hydrogens (primary N) is 1. The van der Waals surface area contributed by atoms with Gasteiger partial charge < -0.3 is 11.1 Å². The molecule has 8 heteroatoms. The normalized spacial score (nSPS) is 9.89. The van der Waals surface area contributed by atoms with Crippen molar-refractivity contribution in [3.8, 4) is 0 Å². The van der Waals surface area contributed by atoms with Gasteiger partial charge in [-0.05, 0) is 12.1 Å². The van der Waals surface area contributed by atoms with Crippen LogP contribution in [-0.4, -0.2) is 20.8 Å². The molecule has 0 aliphatic rings. The summed E-state index contributed by atoms with van der Waals surface area (Å²) in [6.45, 7) is 0. The van der Waals surface area contributed by atoms with Crippen molar-refractivity contribution < 1.29 is 9.72 Å². The summed E-state index contributed by atoms with van der Waals surface area (Å²) in [6.07, 6.45) is 4.16. The molecule has 3 N–H and O–H groups in total. The first-order valence-corrected chi connectivity index (χ1v) is 5.19. The zero-order valence-corrected chi connectivity index (χ0v) is 9.61. The van der Waals surface area contributed by atoms with Crippen LogP contribution in [0.25, 0.3) is 0 Å². The smallest absolute Gasteiger partial charge is 0.282 e. The summed E-state index contributed by atoms with van der Waals surface area (Å²) in [7, 11) is 0. The van der Waals surface area contributed by atoms with Crippen LogP contribution >= 0.6 is 0 Å². The number of carbonyl (C=O) groups is 1. The average molecular weight is 259 g/mol. The molecule has 0 bridgehead atoms. The molecule has 0 spiro atoms. The molecule has 2 rings (SSSR count). The maximum atomic E-state index is 12.0. The lowest BCUT2D eigenvalue weighted by atomic mass is 10.1. The molecule has 0 aliphatic carbocycles. The third-order valence-electron chi connectivity index (χ3n) is 2.27. The molecule has 8 nitrogen and oxygen atoms in total. The third-order valence-corrected chi connectivity index (χ3v) is 2.27. The number of nitrogen functional groups attached to an aromatic ring is 1. The molecular formula is C11H9N5O3. The van der Waals surface area contributed by atoms with Crippen molar-refractivity contribution in [3.05, 3.63) is 52.5 Å². The van der Waals surface area contributed by atoms with Gasteiger partial charge in [0.1, 0.15) is 5.56 Å². The highest BCUT2D eigenvalue weighted by Crippen LogP contribution is 2.22. The Balaban J connectivity index is 2.33. The number of benzene rings is 1. The van der Waals surface area contributed by atoms with E-state index in [4.69, 9.17) is 5.73 Å². The van der Waals surface area contributed by atoms with Gasteiger partial charge >= 0.3 is 0 Å². The molecule has 2 aromatic rings. The third kappa shape index (κ3) is 2.80. The van der Waals surface area contributed by atoms with E-state index >= 15 is 0 Å². The van der Waals surface area contributed by atoms with Crippen LogP contribution in [0.1, 0.15) is 10.4 Å². The van der Waals surface area contributed by atoms with E-state index in [0.29, 0.717) is 0 Å². The molecule has 1 aromatic heterocycles. The molecular weight excluding hydrogens is 250 g/mol. The van der Waals surface area contributed by atoms with Gasteiger partial charge in [-0.3, -0.25) is 19.9 Å². The summed E-state index contributed by atoms with van der Waals surface area (Å²) in [5.41, 5.74) is 5.33.